The molecule has 0 fully saturated rings. The number of hydrogen-bond donors (Lipinski definition) is 0. The summed E-state index contributed by atoms with van der Waals surface area (Å²) in [5, 5.41) is 7.43. The summed E-state index contributed by atoms with van der Waals surface area (Å²) in [5.74, 6) is 0. The Kier molecular flexibility index (Phi) is 7.91. The molecule has 13 rings (SSSR count). The van der Waals surface area contributed by atoms with Crippen molar-refractivity contribution in [3.63, 3.8) is 0 Å². The van der Waals surface area contributed by atoms with Gasteiger partial charge in [-0.15, -0.1) is 0 Å². The van der Waals surface area contributed by atoms with E-state index in [0.29, 0.717) is 0 Å². The second-order valence-electron chi connectivity index (χ2n) is 16.5. The van der Waals surface area contributed by atoms with Crippen LogP contribution in [0.4, 0.5) is 0 Å². The van der Waals surface area contributed by atoms with Crippen molar-refractivity contribution < 1.29 is 0 Å². The van der Waals surface area contributed by atoms with Gasteiger partial charge in [-0.1, -0.05) is 182 Å². The van der Waals surface area contributed by atoms with Crippen LogP contribution < -0.4 is 0 Å². The average molecular weight is 802 g/mol. The molecule has 294 valence electrons. The smallest absolute Gasteiger partial charge is 0.0641 e. The summed E-state index contributed by atoms with van der Waals surface area (Å²) in [5.41, 5.74) is 17.7. The van der Waals surface area contributed by atoms with E-state index in [1.54, 1.807) is 0 Å². The maximum absolute atomic E-state index is 2.51. The van der Waals surface area contributed by atoms with Crippen LogP contribution in [0.15, 0.2) is 237 Å². The molecule has 3 heteroatoms. The van der Waals surface area contributed by atoms with E-state index in [1.165, 1.54) is 98.8 Å². The fourth-order valence-electron chi connectivity index (χ4n) is 10.3. The lowest BCUT2D eigenvalue weighted by molar-refractivity contribution is 1.17. The third-order valence-electron chi connectivity index (χ3n) is 13.0. The van der Waals surface area contributed by atoms with Gasteiger partial charge in [0, 0.05) is 49.1 Å². The molecular weight excluding hydrogens is 763 g/mol. The van der Waals surface area contributed by atoms with E-state index in [1.807, 2.05) is 0 Å². The molecule has 3 nitrogen and oxygen atoms in total. The van der Waals surface area contributed by atoms with Crippen LogP contribution in [0.3, 0.4) is 0 Å². The lowest BCUT2D eigenvalue weighted by Gasteiger charge is -2.16. The Bertz CT molecular complexity index is 3900. The van der Waals surface area contributed by atoms with E-state index < -0.39 is 0 Å². The van der Waals surface area contributed by atoms with Crippen molar-refractivity contribution >= 4 is 65.4 Å². The molecule has 0 aliphatic rings. The first-order valence-electron chi connectivity index (χ1n) is 21.7. The Labute approximate surface area is 364 Å². The molecule has 0 aliphatic heterocycles. The fraction of sp³-hybridized carbons (Fsp3) is 0. The van der Waals surface area contributed by atoms with Crippen molar-refractivity contribution in [3.05, 3.63) is 237 Å². The largest absolute Gasteiger partial charge is 0.309 e. The van der Waals surface area contributed by atoms with Gasteiger partial charge in [-0.2, -0.15) is 0 Å². The predicted octanol–water partition coefficient (Wildman–Crippen LogP) is 16.0. The van der Waals surface area contributed by atoms with E-state index in [0.717, 1.165) is 17.1 Å². The van der Waals surface area contributed by atoms with Crippen LogP contribution in [0.25, 0.3) is 116 Å². The zero-order valence-electron chi connectivity index (χ0n) is 34.4. The third-order valence-corrected chi connectivity index (χ3v) is 13.0. The summed E-state index contributed by atoms with van der Waals surface area (Å²) >= 11 is 0. The van der Waals surface area contributed by atoms with Crippen LogP contribution in [0.1, 0.15) is 0 Å². The summed E-state index contributed by atoms with van der Waals surface area (Å²) in [6, 6.07) is 86.4. The highest BCUT2D eigenvalue weighted by Crippen LogP contribution is 2.45. The molecule has 0 unspecified atom stereocenters. The standard InChI is InChI=1S/C60H39N3/c1-3-18-40(19-4-1)42-22-17-23-44(38-42)61-54-31-14-9-26-47(54)49-35-34-43(39-58(49)61)46-25-8-12-29-52(46)62-56-33-16-11-28-51(56)59-57(62)37-36-50-48-27-10-15-32-55(48)63(60(50)59)53-30-13-7-24-45(53)41-20-5-2-6-21-41/h1-39H. The highest BCUT2D eigenvalue weighted by Gasteiger charge is 2.23. The van der Waals surface area contributed by atoms with Crippen LogP contribution in [0, 0.1) is 0 Å². The van der Waals surface area contributed by atoms with Crippen LogP contribution in [-0.4, -0.2) is 13.7 Å². The van der Waals surface area contributed by atoms with E-state index in [4.69, 9.17) is 0 Å². The van der Waals surface area contributed by atoms with Gasteiger partial charge in [0.05, 0.1) is 44.5 Å². The molecule has 13 aromatic rings. The third kappa shape index (κ3) is 5.40. The number of para-hydroxylation sites is 5. The maximum Gasteiger partial charge on any atom is 0.0641 e. The highest BCUT2D eigenvalue weighted by molar-refractivity contribution is 6.26. The number of hydrogen-bond acceptors (Lipinski definition) is 0. The minimum absolute atomic E-state index is 1.14. The normalized spacial score (nSPS) is 11.8. The van der Waals surface area contributed by atoms with Crippen LogP contribution in [0.2, 0.25) is 0 Å². The molecule has 0 aliphatic carbocycles. The van der Waals surface area contributed by atoms with Gasteiger partial charge in [0.1, 0.15) is 0 Å². The van der Waals surface area contributed by atoms with Crippen LogP contribution in [0.5, 0.6) is 0 Å². The molecule has 0 bridgehead atoms. The quantitative estimate of drug-likeness (QED) is 0.159. The topological polar surface area (TPSA) is 14.8 Å². The molecule has 0 atom stereocenters. The Morgan fingerprint density at radius 3 is 1.48 bits per heavy atom. The van der Waals surface area contributed by atoms with Crippen molar-refractivity contribution in [3.8, 4) is 50.4 Å². The average Bonchev–Trinajstić information content (AvgIpc) is 4.00. The number of nitrogens with zero attached hydrogens (tertiary/aromatic N) is 3. The minimum atomic E-state index is 1.14. The summed E-state index contributed by atoms with van der Waals surface area (Å²) in [4.78, 5) is 0. The van der Waals surface area contributed by atoms with E-state index in [-0.39, 0.29) is 0 Å². The summed E-state index contributed by atoms with van der Waals surface area (Å²) < 4.78 is 7.44. The van der Waals surface area contributed by atoms with E-state index in [2.05, 4.69) is 250 Å². The predicted molar refractivity (Wildman–Crippen MR) is 266 cm³/mol. The minimum Gasteiger partial charge on any atom is -0.309 e. The molecular formula is C60H39N3. The Morgan fingerprint density at radius 2 is 0.746 bits per heavy atom. The molecule has 3 heterocycles. The maximum atomic E-state index is 2.51. The number of rotatable bonds is 6. The molecule has 0 spiro atoms. The summed E-state index contributed by atoms with van der Waals surface area (Å²) in [7, 11) is 0. The number of fused-ring (bicyclic) bond motifs is 10. The van der Waals surface area contributed by atoms with Gasteiger partial charge < -0.3 is 13.7 Å². The van der Waals surface area contributed by atoms with E-state index in [9.17, 15) is 0 Å². The van der Waals surface area contributed by atoms with Gasteiger partial charge in [0.25, 0.3) is 0 Å². The summed E-state index contributed by atoms with van der Waals surface area (Å²) in [6.07, 6.45) is 0. The van der Waals surface area contributed by atoms with Gasteiger partial charge in [-0.25, -0.2) is 0 Å². The molecule has 10 aromatic carbocycles. The lowest BCUT2D eigenvalue weighted by atomic mass is 10.0. The van der Waals surface area contributed by atoms with Crippen molar-refractivity contribution in [2.75, 3.05) is 0 Å². The Morgan fingerprint density at radius 1 is 0.238 bits per heavy atom. The van der Waals surface area contributed by atoms with Gasteiger partial charge in [0.2, 0.25) is 0 Å². The molecule has 0 amide bonds. The van der Waals surface area contributed by atoms with Gasteiger partial charge in [-0.05, 0) is 76.9 Å². The lowest BCUT2D eigenvalue weighted by Crippen LogP contribution is -1.99. The number of benzene rings is 10. The molecule has 0 radical (unpaired) electrons. The zero-order valence-corrected chi connectivity index (χ0v) is 34.4. The first kappa shape index (κ1) is 35.4. The van der Waals surface area contributed by atoms with Gasteiger partial charge in [-0.3, -0.25) is 0 Å². The molecule has 0 saturated heterocycles. The second kappa shape index (κ2) is 14.1. The van der Waals surface area contributed by atoms with Crippen molar-refractivity contribution in [2.24, 2.45) is 0 Å². The first-order chi connectivity index (χ1) is 31.3. The second-order valence-corrected chi connectivity index (χ2v) is 16.5. The van der Waals surface area contributed by atoms with E-state index >= 15 is 0 Å². The Hall–Kier alpha value is -8.40. The van der Waals surface area contributed by atoms with Crippen LogP contribution in [-0.2, 0) is 0 Å². The molecule has 0 saturated carbocycles. The molecule has 63 heavy (non-hydrogen) atoms. The van der Waals surface area contributed by atoms with Crippen molar-refractivity contribution in [1.82, 2.24) is 13.7 Å². The molecule has 0 N–H and O–H groups in total. The highest BCUT2D eigenvalue weighted by atomic mass is 15.0. The van der Waals surface area contributed by atoms with Gasteiger partial charge in [0.15, 0.2) is 0 Å². The number of aromatic nitrogens is 3. The van der Waals surface area contributed by atoms with Crippen molar-refractivity contribution in [1.29, 1.82) is 0 Å². The zero-order chi connectivity index (χ0) is 41.4. The summed E-state index contributed by atoms with van der Waals surface area (Å²) in [6.45, 7) is 0. The Balaban J connectivity index is 1.07. The van der Waals surface area contributed by atoms with Gasteiger partial charge >= 0.3 is 0 Å². The fourth-order valence-corrected chi connectivity index (χ4v) is 10.3. The monoisotopic (exact) mass is 801 g/mol. The first-order valence-corrected chi connectivity index (χ1v) is 21.7. The SMILES string of the molecule is c1ccc(-c2cccc(-n3c4ccccc4c4ccc(-c5ccccc5-n5c6ccccc6c6c5ccc5c7ccccc7n(-c7ccccc7-c7ccccc7)c56)cc43)c2)cc1. The van der Waals surface area contributed by atoms with Crippen molar-refractivity contribution in [2.45, 2.75) is 0 Å². The molecule has 3 aromatic heterocycles. The van der Waals surface area contributed by atoms with Crippen LogP contribution >= 0.6 is 0 Å².